The van der Waals surface area contributed by atoms with Crippen molar-refractivity contribution in [2.24, 2.45) is 0 Å². The monoisotopic (exact) mass is 396 g/mol. The zero-order valence-corrected chi connectivity index (χ0v) is 15.4. The van der Waals surface area contributed by atoms with Crippen LogP contribution in [0.15, 0.2) is 41.0 Å². The molecule has 1 N–H and O–H groups in total. The molecule has 1 fully saturated rings. The second-order valence-electron chi connectivity index (χ2n) is 5.97. The summed E-state index contributed by atoms with van der Waals surface area (Å²) < 4.78 is 10.6. The zero-order chi connectivity index (χ0) is 18.5. The lowest BCUT2D eigenvalue weighted by atomic mass is 10.0. The lowest BCUT2D eigenvalue weighted by molar-refractivity contribution is -0.124. The summed E-state index contributed by atoms with van der Waals surface area (Å²) in [5.74, 6) is 0.387. The minimum Gasteiger partial charge on any atom is -0.482 e. The van der Waals surface area contributed by atoms with E-state index in [1.54, 1.807) is 35.2 Å². The summed E-state index contributed by atoms with van der Waals surface area (Å²) in [5, 5.41) is 3.78. The Kier molecular flexibility index (Phi) is 6.06. The highest BCUT2D eigenvalue weighted by Crippen LogP contribution is 2.27. The maximum Gasteiger partial charge on any atom is 0.289 e. The molecular formula is C18H18Cl2N2O4. The predicted molar refractivity (Wildman–Crippen MR) is 97.7 cm³/mol. The highest BCUT2D eigenvalue weighted by Gasteiger charge is 2.25. The minimum absolute atomic E-state index is 0.00689. The van der Waals surface area contributed by atoms with Crippen LogP contribution in [0.3, 0.4) is 0 Å². The van der Waals surface area contributed by atoms with Gasteiger partial charge in [-0.05, 0) is 43.2 Å². The maximum atomic E-state index is 12.2. The van der Waals surface area contributed by atoms with Gasteiger partial charge in [0, 0.05) is 24.2 Å². The van der Waals surface area contributed by atoms with E-state index in [9.17, 15) is 9.59 Å². The molecule has 1 saturated heterocycles. The van der Waals surface area contributed by atoms with Gasteiger partial charge in [-0.15, -0.1) is 0 Å². The Hall–Kier alpha value is -2.18. The average Bonchev–Trinajstić information content (AvgIpc) is 3.16. The summed E-state index contributed by atoms with van der Waals surface area (Å²) in [6, 6.07) is 8.17. The number of hydrogen-bond acceptors (Lipinski definition) is 4. The second-order valence-corrected chi connectivity index (χ2v) is 6.82. The van der Waals surface area contributed by atoms with Crippen LogP contribution < -0.4 is 10.1 Å². The Balaban J connectivity index is 1.42. The summed E-state index contributed by atoms with van der Waals surface area (Å²) in [6.45, 7) is 0.996. The maximum absolute atomic E-state index is 12.2. The highest BCUT2D eigenvalue weighted by molar-refractivity contribution is 6.35. The number of amides is 2. The number of carbonyl (C=O) groups is 2. The van der Waals surface area contributed by atoms with Gasteiger partial charge in [0.25, 0.3) is 11.8 Å². The minimum atomic E-state index is -0.230. The summed E-state index contributed by atoms with van der Waals surface area (Å²) in [5.41, 5.74) is 0. The number of benzene rings is 1. The Morgan fingerprint density at radius 2 is 2.00 bits per heavy atom. The van der Waals surface area contributed by atoms with Gasteiger partial charge in [-0.2, -0.15) is 0 Å². The third-order valence-electron chi connectivity index (χ3n) is 4.13. The van der Waals surface area contributed by atoms with E-state index in [1.165, 1.54) is 6.26 Å². The van der Waals surface area contributed by atoms with Crippen molar-refractivity contribution in [1.29, 1.82) is 0 Å². The number of likely N-dealkylation sites (tertiary alicyclic amines) is 1. The molecule has 138 valence electrons. The fourth-order valence-electron chi connectivity index (χ4n) is 2.79. The van der Waals surface area contributed by atoms with Crippen LogP contribution >= 0.6 is 23.2 Å². The van der Waals surface area contributed by atoms with Gasteiger partial charge in [-0.25, -0.2) is 0 Å². The van der Waals surface area contributed by atoms with E-state index in [-0.39, 0.29) is 24.5 Å². The van der Waals surface area contributed by atoms with Crippen LogP contribution in [0.5, 0.6) is 5.75 Å². The molecule has 2 aromatic rings. The van der Waals surface area contributed by atoms with Gasteiger partial charge >= 0.3 is 0 Å². The number of furan rings is 1. The Labute approximate surface area is 161 Å². The van der Waals surface area contributed by atoms with E-state index in [0.717, 1.165) is 0 Å². The highest BCUT2D eigenvalue weighted by atomic mass is 35.5. The summed E-state index contributed by atoms with van der Waals surface area (Å²) in [4.78, 5) is 26.0. The topological polar surface area (TPSA) is 71.8 Å². The van der Waals surface area contributed by atoms with E-state index in [1.807, 2.05) is 0 Å². The molecule has 26 heavy (non-hydrogen) atoms. The fraction of sp³-hybridized carbons (Fsp3) is 0.333. The summed E-state index contributed by atoms with van der Waals surface area (Å²) in [7, 11) is 0. The van der Waals surface area contributed by atoms with Gasteiger partial charge in [0.1, 0.15) is 5.75 Å². The Bertz CT molecular complexity index is 772. The van der Waals surface area contributed by atoms with Crippen LogP contribution in [0, 0.1) is 0 Å². The molecule has 3 rings (SSSR count). The quantitative estimate of drug-likeness (QED) is 0.840. The predicted octanol–water partition coefficient (Wildman–Crippen LogP) is 3.39. The van der Waals surface area contributed by atoms with E-state index < -0.39 is 0 Å². The molecule has 0 bridgehead atoms. The lowest BCUT2D eigenvalue weighted by Crippen LogP contribution is -2.47. The normalized spacial score (nSPS) is 14.9. The summed E-state index contributed by atoms with van der Waals surface area (Å²) >= 11 is 11.8. The Morgan fingerprint density at radius 3 is 2.65 bits per heavy atom. The molecule has 2 amide bonds. The first-order chi connectivity index (χ1) is 12.5. The van der Waals surface area contributed by atoms with Crippen LogP contribution in [0.25, 0.3) is 0 Å². The number of ether oxygens (including phenoxy) is 1. The fourth-order valence-corrected chi connectivity index (χ4v) is 3.25. The van der Waals surface area contributed by atoms with Gasteiger partial charge in [-0.1, -0.05) is 23.2 Å². The van der Waals surface area contributed by atoms with E-state index >= 15 is 0 Å². The largest absolute Gasteiger partial charge is 0.482 e. The van der Waals surface area contributed by atoms with Crippen molar-refractivity contribution >= 4 is 35.0 Å². The Morgan fingerprint density at radius 1 is 1.23 bits per heavy atom. The molecule has 0 spiro atoms. The van der Waals surface area contributed by atoms with Gasteiger partial charge in [-0.3, -0.25) is 9.59 Å². The second kappa shape index (κ2) is 8.47. The van der Waals surface area contributed by atoms with Crippen molar-refractivity contribution in [2.45, 2.75) is 18.9 Å². The molecule has 1 aliphatic rings. The van der Waals surface area contributed by atoms with Gasteiger partial charge in [0.05, 0.1) is 11.3 Å². The lowest BCUT2D eigenvalue weighted by Gasteiger charge is -2.31. The number of hydrogen-bond donors (Lipinski definition) is 1. The molecule has 1 aromatic carbocycles. The van der Waals surface area contributed by atoms with Gasteiger partial charge in [0.2, 0.25) is 0 Å². The van der Waals surface area contributed by atoms with Gasteiger partial charge < -0.3 is 19.4 Å². The van der Waals surface area contributed by atoms with Crippen molar-refractivity contribution in [2.75, 3.05) is 19.7 Å². The van der Waals surface area contributed by atoms with Crippen molar-refractivity contribution in [3.63, 3.8) is 0 Å². The third kappa shape index (κ3) is 4.71. The number of rotatable bonds is 5. The molecular weight excluding hydrogens is 379 g/mol. The van der Waals surface area contributed by atoms with Crippen LogP contribution in [0.1, 0.15) is 23.4 Å². The number of carbonyl (C=O) groups excluding carboxylic acids is 2. The van der Waals surface area contributed by atoms with Gasteiger partial charge in [0.15, 0.2) is 12.4 Å². The van der Waals surface area contributed by atoms with E-state index in [2.05, 4.69) is 5.32 Å². The molecule has 0 unspecified atom stereocenters. The zero-order valence-electron chi connectivity index (χ0n) is 13.9. The molecule has 0 atom stereocenters. The van der Waals surface area contributed by atoms with Crippen LogP contribution in [0.2, 0.25) is 10.0 Å². The first kappa shape index (κ1) is 18.6. The first-order valence-electron chi connectivity index (χ1n) is 8.23. The molecule has 1 aliphatic heterocycles. The van der Waals surface area contributed by atoms with Crippen molar-refractivity contribution in [3.05, 3.63) is 52.4 Å². The van der Waals surface area contributed by atoms with Crippen molar-refractivity contribution in [1.82, 2.24) is 10.2 Å². The van der Waals surface area contributed by atoms with E-state index in [0.29, 0.717) is 47.5 Å². The molecule has 0 aliphatic carbocycles. The smallest absolute Gasteiger partial charge is 0.289 e. The third-order valence-corrected chi connectivity index (χ3v) is 4.66. The van der Waals surface area contributed by atoms with Crippen molar-refractivity contribution < 1.29 is 18.7 Å². The van der Waals surface area contributed by atoms with Crippen LogP contribution in [-0.4, -0.2) is 42.5 Å². The SMILES string of the molecule is O=C(COc1ccc(Cl)cc1Cl)NC1CCN(C(=O)c2ccco2)CC1. The van der Waals surface area contributed by atoms with E-state index in [4.69, 9.17) is 32.4 Å². The molecule has 1 aromatic heterocycles. The van der Waals surface area contributed by atoms with Crippen molar-refractivity contribution in [3.8, 4) is 5.75 Å². The summed E-state index contributed by atoms with van der Waals surface area (Å²) in [6.07, 6.45) is 2.84. The number of nitrogens with zero attached hydrogens (tertiary/aromatic N) is 1. The molecule has 8 heteroatoms. The first-order valence-corrected chi connectivity index (χ1v) is 8.98. The number of nitrogens with one attached hydrogen (secondary N) is 1. The number of halogens is 2. The molecule has 0 saturated carbocycles. The average molecular weight is 397 g/mol. The molecule has 2 heterocycles. The standard InChI is InChI=1S/C18H18Cl2N2O4/c19-12-3-4-15(14(20)10-12)26-11-17(23)21-13-5-7-22(8-6-13)18(24)16-2-1-9-25-16/h1-4,9-10,13H,5-8,11H2,(H,21,23). The molecule has 0 radical (unpaired) electrons. The molecule has 6 nitrogen and oxygen atoms in total. The van der Waals surface area contributed by atoms with Crippen LogP contribution in [0.4, 0.5) is 0 Å². The number of piperidine rings is 1. The van der Waals surface area contributed by atoms with Crippen LogP contribution in [-0.2, 0) is 4.79 Å².